The van der Waals surface area contributed by atoms with E-state index in [0.717, 1.165) is 0 Å². The van der Waals surface area contributed by atoms with Gasteiger partial charge in [-0.1, -0.05) is 0 Å². The van der Waals surface area contributed by atoms with Crippen LogP contribution < -0.4 is 21.9 Å². The van der Waals surface area contributed by atoms with E-state index in [2.05, 4.69) is 18.9 Å². The van der Waals surface area contributed by atoms with Crippen LogP contribution in [0.1, 0.15) is 46.7 Å². The first-order chi connectivity index (χ1) is 25.0. The summed E-state index contributed by atoms with van der Waals surface area (Å²) in [4.78, 5) is 0. The molecule has 4 heterocycles. The number of halogens is 16. The number of hydrogen-bond acceptors (Lipinski definition) is 4. The summed E-state index contributed by atoms with van der Waals surface area (Å²) in [5.74, 6) is -46.6. The number of ether oxygens (including phenoxy) is 4. The van der Waals surface area contributed by atoms with Crippen LogP contribution in [0.25, 0.3) is 0 Å². The van der Waals surface area contributed by atoms with E-state index in [0.29, 0.717) is 0 Å². The first-order valence-corrected chi connectivity index (χ1v) is 15.1. The van der Waals surface area contributed by atoms with E-state index in [4.69, 9.17) is 0 Å². The first kappa shape index (κ1) is 35.7. The standard InChI is InChI=1S/C32H12BF16O4/c34-17-9(5-1-50-5)18(35)26(43)13(25(17)42)33(14-27(44)19(36)10(6-2-51-6)20(37)28(14)45,15-29(46)21(38)11(7-3-52-7)22(39)30(15)47)16-31(48)23(40)12(8-4-53-8)24(41)32(16)49/h5-8H,1-4H2/q-1. The van der Waals surface area contributed by atoms with Crippen LogP contribution in [0.3, 0.4) is 0 Å². The maximum atomic E-state index is 16.5. The largest absolute Gasteiger partial charge is 0.368 e. The average Bonchev–Trinajstić information content (AvgIpc) is 3.92. The lowest BCUT2D eigenvalue weighted by Crippen LogP contribution is -2.81. The van der Waals surface area contributed by atoms with E-state index in [-0.39, 0.29) is 0 Å². The second-order valence-corrected chi connectivity index (χ2v) is 12.5. The monoisotopic (exact) mass is 775 g/mol. The van der Waals surface area contributed by atoms with Crippen molar-refractivity contribution in [1.29, 1.82) is 0 Å². The highest BCUT2D eigenvalue weighted by molar-refractivity contribution is 7.20. The molecular weight excluding hydrogens is 763 g/mol. The molecule has 4 fully saturated rings. The Hall–Kier alpha value is -4.34. The minimum atomic E-state index is -6.72. The highest BCUT2D eigenvalue weighted by Crippen LogP contribution is 2.41. The van der Waals surface area contributed by atoms with Gasteiger partial charge in [0.1, 0.15) is 77.1 Å². The van der Waals surface area contributed by atoms with Gasteiger partial charge in [0, 0.05) is 0 Å². The van der Waals surface area contributed by atoms with Gasteiger partial charge in [-0.2, -0.15) is 0 Å². The van der Waals surface area contributed by atoms with E-state index < -0.39 is 194 Å². The summed E-state index contributed by atoms with van der Waals surface area (Å²) < 4.78 is 277. The number of epoxide rings is 4. The normalized spacial score (nSPS) is 22.6. The van der Waals surface area contributed by atoms with Crippen LogP contribution in [0.5, 0.6) is 0 Å². The fourth-order valence-corrected chi connectivity index (χ4v) is 7.04. The smallest absolute Gasteiger partial charge is 0.164 e. The second-order valence-electron chi connectivity index (χ2n) is 12.5. The van der Waals surface area contributed by atoms with Crippen molar-refractivity contribution < 1.29 is 89.2 Å². The topological polar surface area (TPSA) is 50.1 Å². The maximum absolute atomic E-state index is 16.5. The Labute approximate surface area is 283 Å². The Bertz CT molecular complexity index is 1880. The maximum Gasteiger partial charge on any atom is 0.164 e. The predicted molar refractivity (Wildman–Crippen MR) is 144 cm³/mol. The highest BCUT2D eigenvalue weighted by Gasteiger charge is 2.54. The minimum absolute atomic E-state index is 0.665. The zero-order valence-corrected chi connectivity index (χ0v) is 25.4. The molecule has 53 heavy (non-hydrogen) atoms. The average molecular weight is 775 g/mol. The van der Waals surface area contributed by atoms with Gasteiger partial charge in [-0.25, -0.2) is 70.2 Å². The molecule has 0 spiro atoms. The van der Waals surface area contributed by atoms with Crippen LogP contribution in [-0.2, 0) is 18.9 Å². The first-order valence-electron chi connectivity index (χ1n) is 15.1. The number of hydrogen-bond donors (Lipinski definition) is 0. The lowest BCUT2D eigenvalue weighted by atomic mass is 9.12. The molecule has 4 unspecified atom stereocenters. The highest BCUT2D eigenvalue weighted by atomic mass is 19.2. The van der Waals surface area contributed by atoms with Gasteiger partial charge in [0.05, 0.1) is 48.7 Å². The molecule has 21 heteroatoms. The molecule has 0 amide bonds. The molecule has 0 radical (unpaired) electrons. The summed E-state index contributed by atoms with van der Waals surface area (Å²) in [6.07, 6.45) is -14.1. The molecule has 0 aromatic heterocycles. The van der Waals surface area contributed by atoms with Gasteiger partial charge in [-0.15, -0.1) is 21.9 Å². The molecule has 0 saturated carbocycles. The SMILES string of the molecule is Fc1c(F)c([B-](c2c(F)c(F)c(C3CO3)c(F)c2F)(c2c(F)c(F)c(C3CO3)c(F)c2F)c2c(F)c(F)c(C3CO3)c(F)c2F)c(F)c(F)c1C1CO1. The summed E-state index contributed by atoms with van der Waals surface area (Å²) in [5, 5.41) is 0. The van der Waals surface area contributed by atoms with Crippen molar-refractivity contribution >= 4 is 28.0 Å². The Balaban J connectivity index is 1.69. The lowest BCUT2D eigenvalue weighted by molar-refractivity contribution is 0.378. The summed E-state index contributed by atoms with van der Waals surface area (Å²) >= 11 is 0. The van der Waals surface area contributed by atoms with Crippen LogP contribution >= 0.6 is 0 Å². The zero-order chi connectivity index (χ0) is 38.3. The van der Waals surface area contributed by atoms with E-state index in [1.807, 2.05) is 0 Å². The van der Waals surface area contributed by atoms with Gasteiger partial charge in [0.2, 0.25) is 0 Å². The molecule has 4 saturated heterocycles. The summed E-state index contributed by atoms with van der Waals surface area (Å²) in [6.45, 7) is -2.66. The van der Waals surface area contributed by atoms with Crippen molar-refractivity contribution in [2.75, 3.05) is 26.4 Å². The molecule has 4 atom stereocenters. The van der Waals surface area contributed by atoms with Crippen LogP contribution in [0.4, 0.5) is 70.2 Å². The molecule has 0 N–H and O–H groups in total. The minimum Gasteiger partial charge on any atom is -0.368 e. The van der Waals surface area contributed by atoms with Gasteiger partial charge in [-0.3, -0.25) is 0 Å². The van der Waals surface area contributed by atoms with Crippen molar-refractivity contribution in [2.24, 2.45) is 0 Å². The molecule has 0 aliphatic carbocycles. The van der Waals surface area contributed by atoms with Crippen molar-refractivity contribution in [1.82, 2.24) is 0 Å². The fraction of sp³-hybridized carbons (Fsp3) is 0.250. The van der Waals surface area contributed by atoms with E-state index in [1.165, 1.54) is 0 Å². The Morgan fingerprint density at radius 3 is 0.509 bits per heavy atom. The quantitative estimate of drug-likeness (QED) is 0.102. The summed E-state index contributed by atoms with van der Waals surface area (Å²) in [7, 11) is 0. The molecule has 280 valence electrons. The molecule has 4 nitrogen and oxygen atoms in total. The van der Waals surface area contributed by atoms with E-state index in [1.54, 1.807) is 0 Å². The summed E-state index contributed by atoms with van der Waals surface area (Å²) in [5.41, 5.74) is -18.9. The third kappa shape index (κ3) is 4.82. The van der Waals surface area contributed by atoms with Crippen molar-refractivity contribution in [3.63, 3.8) is 0 Å². The Morgan fingerprint density at radius 1 is 0.264 bits per heavy atom. The lowest BCUT2D eigenvalue weighted by Gasteiger charge is -2.45. The van der Waals surface area contributed by atoms with Gasteiger partial charge >= 0.3 is 0 Å². The van der Waals surface area contributed by atoms with Crippen LogP contribution in [0.15, 0.2) is 0 Å². The van der Waals surface area contributed by atoms with Gasteiger partial charge in [0.25, 0.3) is 0 Å². The van der Waals surface area contributed by atoms with Gasteiger partial charge in [-0.05, 0) is 0 Å². The fourth-order valence-electron chi connectivity index (χ4n) is 7.04. The van der Waals surface area contributed by atoms with Crippen molar-refractivity contribution in [3.05, 3.63) is 115 Å². The second kappa shape index (κ2) is 11.8. The van der Waals surface area contributed by atoms with E-state index in [9.17, 15) is 0 Å². The van der Waals surface area contributed by atoms with Crippen LogP contribution in [0.2, 0.25) is 0 Å². The van der Waals surface area contributed by atoms with Crippen LogP contribution in [0, 0.1) is 93.1 Å². The third-order valence-electron chi connectivity index (χ3n) is 9.68. The molecule has 4 aromatic carbocycles. The molecule has 4 aliphatic rings. The van der Waals surface area contributed by atoms with Gasteiger partial charge < -0.3 is 18.9 Å². The third-order valence-corrected chi connectivity index (χ3v) is 9.68. The Kier molecular flexibility index (Phi) is 7.97. The molecule has 4 aromatic rings. The van der Waals surface area contributed by atoms with Crippen molar-refractivity contribution in [2.45, 2.75) is 24.4 Å². The summed E-state index contributed by atoms with van der Waals surface area (Å²) in [6, 6.07) is 0. The number of benzene rings is 4. The van der Waals surface area contributed by atoms with E-state index >= 15 is 70.2 Å². The number of rotatable bonds is 8. The molecule has 0 bridgehead atoms. The zero-order valence-electron chi connectivity index (χ0n) is 25.4. The Morgan fingerprint density at radius 2 is 0.396 bits per heavy atom. The van der Waals surface area contributed by atoms with Crippen molar-refractivity contribution in [3.8, 4) is 0 Å². The molecule has 8 rings (SSSR count). The molecule has 4 aliphatic heterocycles. The van der Waals surface area contributed by atoms with Gasteiger partial charge in [0.15, 0.2) is 46.5 Å². The predicted octanol–water partition coefficient (Wildman–Crippen LogP) is 5.57. The van der Waals surface area contributed by atoms with Crippen LogP contribution in [-0.4, -0.2) is 32.6 Å². The molecular formula is C32H12BF16O4-.